The van der Waals surface area contributed by atoms with Gasteiger partial charge >= 0.3 is 0 Å². The van der Waals surface area contributed by atoms with E-state index in [1.807, 2.05) is 30.3 Å². The summed E-state index contributed by atoms with van der Waals surface area (Å²) in [5.41, 5.74) is 1.33. The third kappa shape index (κ3) is 4.54. The fourth-order valence-corrected chi connectivity index (χ4v) is 2.35. The maximum Gasteiger partial charge on any atom is 0.270 e. The lowest BCUT2D eigenvalue weighted by atomic mass is 10.1. The van der Waals surface area contributed by atoms with Crippen LogP contribution in [0.5, 0.6) is 0 Å². The molecule has 2 aromatic rings. The van der Waals surface area contributed by atoms with Gasteiger partial charge in [0.15, 0.2) is 5.82 Å². The van der Waals surface area contributed by atoms with Crippen LogP contribution in [0, 0.1) is 5.92 Å². The topological polar surface area (TPSA) is 66.9 Å². The molecule has 0 atom stereocenters. The van der Waals surface area contributed by atoms with Crippen molar-refractivity contribution in [1.82, 2.24) is 15.3 Å². The van der Waals surface area contributed by atoms with Crippen LogP contribution in [0.15, 0.2) is 36.4 Å². The third-order valence-corrected chi connectivity index (χ3v) is 3.93. The largest absolute Gasteiger partial charge is 0.370 e. The van der Waals surface area contributed by atoms with E-state index in [1.165, 1.54) is 0 Å². The van der Waals surface area contributed by atoms with Crippen LogP contribution in [-0.2, 0) is 0 Å². The van der Waals surface area contributed by atoms with Crippen molar-refractivity contribution >= 4 is 11.7 Å². The van der Waals surface area contributed by atoms with Crippen LogP contribution in [0.1, 0.15) is 43.6 Å². The van der Waals surface area contributed by atoms with Crippen LogP contribution in [0.4, 0.5) is 5.82 Å². The quantitative estimate of drug-likeness (QED) is 0.818. The summed E-state index contributed by atoms with van der Waals surface area (Å²) >= 11 is 0. The molecular formula is C19H24N4O. The molecule has 5 nitrogen and oxygen atoms in total. The summed E-state index contributed by atoms with van der Waals surface area (Å²) in [5, 5.41) is 6.31. The second kappa shape index (κ2) is 7.43. The Balaban J connectivity index is 1.85. The normalized spacial score (nSPS) is 13.8. The molecular weight excluding hydrogens is 300 g/mol. The highest BCUT2D eigenvalue weighted by Gasteiger charge is 2.25. The summed E-state index contributed by atoms with van der Waals surface area (Å²) < 4.78 is 0. The fourth-order valence-electron chi connectivity index (χ4n) is 2.35. The van der Waals surface area contributed by atoms with Crippen molar-refractivity contribution < 1.29 is 4.79 Å². The summed E-state index contributed by atoms with van der Waals surface area (Å²) in [4.78, 5) is 21.4. The minimum absolute atomic E-state index is 0.121. The number of carbonyl (C=O) groups is 1. The van der Waals surface area contributed by atoms with Crippen LogP contribution < -0.4 is 10.6 Å². The molecule has 1 amide bonds. The highest BCUT2D eigenvalue weighted by atomic mass is 16.2. The van der Waals surface area contributed by atoms with Gasteiger partial charge in [-0.1, -0.05) is 44.2 Å². The lowest BCUT2D eigenvalue weighted by Crippen LogP contribution is -2.26. The predicted octanol–water partition coefficient (Wildman–Crippen LogP) is 3.49. The molecule has 1 fully saturated rings. The number of benzene rings is 1. The molecule has 0 bridgehead atoms. The number of hydrogen-bond donors (Lipinski definition) is 2. The van der Waals surface area contributed by atoms with Gasteiger partial charge in [-0.15, -0.1) is 0 Å². The number of rotatable bonds is 7. The summed E-state index contributed by atoms with van der Waals surface area (Å²) in [5.74, 6) is 1.77. The maximum atomic E-state index is 12.4. The molecule has 24 heavy (non-hydrogen) atoms. The van der Waals surface area contributed by atoms with E-state index in [-0.39, 0.29) is 5.91 Å². The molecule has 126 valence electrons. The van der Waals surface area contributed by atoms with Crippen molar-refractivity contribution in [1.29, 1.82) is 0 Å². The minimum atomic E-state index is -0.121. The first-order chi connectivity index (χ1) is 11.6. The Hall–Kier alpha value is -2.43. The number of amides is 1. The Morgan fingerprint density at radius 2 is 1.96 bits per heavy atom. The SMILES string of the molecule is CC(C)CCNc1cc(C(=O)NC2CC2)nc(-c2ccccc2)n1. The van der Waals surface area contributed by atoms with E-state index in [2.05, 4.69) is 34.4 Å². The summed E-state index contributed by atoms with van der Waals surface area (Å²) in [6.45, 7) is 5.20. The molecule has 1 aliphatic rings. The second-order valence-electron chi connectivity index (χ2n) is 6.69. The van der Waals surface area contributed by atoms with Gasteiger partial charge in [0.25, 0.3) is 5.91 Å². The van der Waals surface area contributed by atoms with E-state index < -0.39 is 0 Å². The molecule has 5 heteroatoms. The van der Waals surface area contributed by atoms with Crippen LogP contribution in [0.25, 0.3) is 11.4 Å². The average Bonchev–Trinajstić information content (AvgIpc) is 3.39. The Morgan fingerprint density at radius 1 is 1.21 bits per heavy atom. The van der Waals surface area contributed by atoms with Gasteiger partial charge in [0.05, 0.1) is 0 Å². The second-order valence-corrected chi connectivity index (χ2v) is 6.69. The van der Waals surface area contributed by atoms with Crippen LogP contribution in [0.3, 0.4) is 0 Å². The first-order valence-electron chi connectivity index (χ1n) is 8.61. The molecule has 2 N–H and O–H groups in total. The molecule has 0 aliphatic heterocycles. The number of aromatic nitrogens is 2. The number of anilines is 1. The molecule has 1 aromatic heterocycles. The van der Waals surface area contributed by atoms with E-state index in [4.69, 9.17) is 0 Å². The average molecular weight is 324 g/mol. The van der Waals surface area contributed by atoms with Crippen molar-refractivity contribution in [2.24, 2.45) is 5.92 Å². The van der Waals surface area contributed by atoms with Crippen LogP contribution in [-0.4, -0.2) is 28.5 Å². The first kappa shape index (κ1) is 16.4. The van der Waals surface area contributed by atoms with Crippen LogP contribution in [0.2, 0.25) is 0 Å². The van der Waals surface area contributed by atoms with Crippen molar-refractivity contribution in [3.05, 3.63) is 42.1 Å². The Morgan fingerprint density at radius 3 is 2.62 bits per heavy atom. The highest BCUT2D eigenvalue weighted by Crippen LogP contribution is 2.21. The summed E-state index contributed by atoms with van der Waals surface area (Å²) in [6.07, 6.45) is 3.16. The third-order valence-electron chi connectivity index (χ3n) is 3.93. The molecule has 0 unspecified atom stereocenters. The number of nitrogens with one attached hydrogen (secondary N) is 2. The van der Waals surface area contributed by atoms with E-state index in [0.717, 1.165) is 31.4 Å². The molecule has 1 saturated carbocycles. The van der Waals surface area contributed by atoms with Gasteiger partial charge in [-0.05, 0) is 25.2 Å². The van der Waals surface area contributed by atoms with Crippen molar-refractivity contribution in [3.8, 4) is 11.4 Å². The van der Waals surface area contributed by atoms with Crippen molar-refractivity contribution in [3.63, 3.8) is 0 Å². The minimum Gasteiger partial charge on any atom is -0.370 e. The number of hydrogen-bond acceptors (Lipinski definition) is 4. The van der Waals surface area contributed by atoms with Crippen LogP contribution >= 0.6 is 0 Å². The highest BCUT2D eigenvalue weighted by molar-refractivity contribution is 5.93. The van der Waals surface area contributed by atoms with Gasteiger partial charge in [-0.3, -0.25) is 4.79 Å². The zero-order valence-corrected chi connectivity index (χ0v) is 14.2. The first-order valence-corrected chi connectivity index (χ1v) is 8.61. The molecule has 0 saturated heterocycles. The maximum absolute atomic E-state index is 12.4. The number of nitrogens with zero attached hydrogens (tertiary/aromatic N) is 2. The fraction of sp³-hybridized carbons (Fsp3) is 0.421. The monoisotopic (exact) mass is 324 g/mol. The van der Waals surface area contributed by atoms with E-state index in [1.54, 1.807) is 6.07 Å². The molecule has 1 aromatic carbocycles. The molecule has 1 heterocycles. The van der Waals surface area contributed by atoms with Gasteiger partial charge in [0, 0.05) is 24.2 Å². The van der Waals surface area contributed by atoms with Crippen molar-refractivity contribution in [2.75, 3.05) is 11.9 Å². The summed E-state index contributed by atoms with van der Waals surface area (Å²) in [6, 6.07) is 11.8. The zero-order chi connectivity index (χ0) is 16.9. The van der Waals surface area contributed by atoms with Crippen molar-refractivity contribution in [2.45, 2.75) is 39.2 Å². The molecule has 3 rings (SSSR count). The van der Waals surface area contributed by atoms with Gasteiger partial charge in [0.1, 0.15) is 11.5 Å². The Labute approximate surface area is 142 Å². The van der Waals surface area contributed by atoms with E-state index in [0.29, 0.717) is 29.3 Å². The Kier molecular flexibility index (Phi) is 5.08. The molecule has 0 spiro atoms. The lowest BCUT2D eigenvalue weighted by Gasteiger charge is -2.11. The zero-order valence-electron chi connectivity index (χ0n) is 14.2. The smallest absolute Gasteiger partial charge is 0.270 e. The summed E-state index contributed by atoms with van der Waals surface area (Å²) in [7, 11) is 0. The molecule has 0 radical (unpaired) electrons. The van der Waals surface area contributed by atoms with Gasteiger partial charge in [-0.25, -0.2) is 9.97 Å². The van der Waals surface area contributed by atoms with Gasteiger partial charge in [0.2, 0.25) is 0 Å². The van der Waals surface area contributed by atoms with Gasteiger partial charge < -0.3 is 10.6 Å². The Bertz CT molecular complexity index is 696. The standard InChI is InChI=1S/C19H24N4O/c1-13(2)10-11-20-17-12-16(19(24)21-15-8-9-15)22-18(23-17)14-6-4-3-5-7-14/h3-7,12-13,15H,8-11H2,1-2H3,(H,21,24)(H,20,22,23). The van der Waals surface area contributed by atoms with E-state index in [9.17, 15) is 4.79 Å². The number of carbonyl (C=O) groups excluding carboxylic acids is 1. The lowest BCUT2D eigenvalue weighted by molar-refractivity contribution is 0.0946. The predicted molar refractivity (Wildman–Crippen MR) is 95.9 cm³/mol. The van der Waals surface area contributed by atoms with Gasteiger partial charge in [-0.2, -0.15) is 0 Å². The van der Waals surface area contributed by atoms with E-state index >= 15 is 0 Å². The molecule has 1 aliphatic carbocycles.